The van der Waals surface area contributed by atoms with Gasteiger partial charge in [-0.1, -0.05) is 37.0 Å². The van der Waals surface area contributed by atoms with Crippen molar-refractivity contribution in [3.8, 4) is 0 Å². The van der Waals surface area contributed by atoms with Crippen LogP contribution in [-0.4, -0.2) is 35.5 Å². The van der Waals surface area contributed by atoms with Gasteiger partial charge in [0.1, 0.15) is 0 Å². The highest BCUT2D eigenvalue weighted by Gasteiger charge is 2.47. The van der Waals surface area contributed by atoms with Crippen LogP contribution in [0, 0.1) is 5.41 Å². The number of cyclic esters (lactones) is 1. The smallest absolute Gasteiger partial charge is 0.342 e. The lowest BCUT2D eigenvalue weighted by Gasteiger charge is -2.39. The summed E-state index contributed by atoms with van der Waals surface area (Å²) in [4.78, 5) is 11.5. The van der Waals surface area contributed by atoms with Crippen molar-refractivity contribution in [3.05, 3.63) is 0 Å². The molecule has 3 nitrogen and oxygen atoms in total. The maximum absolute atomic E-state index is 11.5. The molecule has 1 saturated heterocycles. The number of hydrogen-bond donors (Lipinski definition) is 0. The van der Waals surface area contributed by atoms with Gasteiger partial charge in [0, 0.05) is 18.9 Å². The van der Waals surface area contributed by atoms with Crippen LogP contribution in [0.5, 0.6) is 0 Å². The van der Waals surface area contributed by atoms with Crippen LogP contribution in [0.3, 0.4) is 0 Å². The first-order valence-corrected chi connectivity index (χ1v) is 6.12. The standard InChI is InChI=1S/C10H15Cl3O3/c1-9(2)5-16-8(14)10(12,13)4-6(11)7(9)15-3/h6-7H,4-5H2,1-3H3. The monoisotopic (exact) mass is 288 g/mol. The first-order valence-electron chi connectivity index (χ1n) is 4.92. The Bertz CT molecular complexity index is 278. The molecular formula is C10H15Cl3O3. The molecule has 94 valence electrons. The van der Waals surface area contributed by atoms with E-state index >= 15 is 0 Å². The second kappa shape index (κ2) is 4.89. The molecule has 1 aliphatic rings. The number of ether oxygens (including phenoxy) is 2. The SMILES string of the molecule is COC1C(Cl)CC(Cl)(Cl)C(=O)OCC1(C)C. The number of hydrogen-bond acceptors (Lipinski definition) is 3. The zero-order valence-corrected chi connectivity index (χ0v) is 11.7. The minimum Gasteiger partial charge on any atom is -0.463 e. The van der Waals surface area contributed by atoms with Crippen LogP contribution < -0.4 is 0 Å². The summed E-state index contributed by atoms with van der Waals surface area (Å²) in [5.41, 5.74) is -0.374. The van der Waals surface area contributed by atoms with Gasteiger partial charge in [0.15, 0.2) is 0 Å². The summed E-state index contributed by atoms with van der Waals surface area (Å²) >= 11 is 17.9. The van der Waals surface area contributed by atoms with Gasteiger partial charge in [-0.25, -0.2) is 4.79 Å². The third-order valence-corrected chi connectivity index (χ3v) is 3.68. The molecule has 0 saturated carbocycles. The molecule has 1 rings (SSSR count). The van der Waals surface area contributed by atoms with Gasteiger partial charge in [0.2, 0.25) is 4.33 Å². The molecule has 2 unspecified atom stereocenters. The minimum absolute atomic E-state index is 0.0957. The molecule has 0 aromatic carbocycles. The lowest BCUT2D eigenvalue weighted by molar-refractivity contribution is -0.154. The van der Waals surface area contributed by atoms with Gasteiger partial charge < -0.3 is 9.47 Å². The first-order chi connectivity index (χ1) is 7.20. The van der Waals surface area contributed by atoms with E-state index in [1.54, 1.807) is 7.11 Å². The van der Waals surface area contributed by atoms with Crippen LogP contribution in [0.4, 0.5) is 0 Å². The quantitative estimate of drug-likeness (QED) is 0.550. The average molecular weight is 290 g/mol. The number of carbonyl (C=O) groups excluding carboxylic acids is 1. The Hall–Kier alpha value is 0.300. The predicted octanol–water partition coefficient (Wildman–Crippen LogP) is 2.76. The molecule has 0 amide bonds. The number of methoxy groups -OCH3 is 1. The van der Waals surface area contributed by atoms with Crippen LogP contribution in [0.1, 0.15) is 20.3 Å². The molecule has 2 atom stereocenters. The molecule has 16 heavy (non-hydrogen) atoms. The zero-order chi connectivity index (χ0) is 12.6. The third kappa shape index (κ3) is 2.95. The summed E-state index contributed by atoms with van der Waals surface area (Å²) < 4.78 is 8.80. The van der Waals surface area contributed by atoms with Crippen molar-refractivity contribution in [2.45, 2.75) is 36.1 Å². The van der Waals surface area contributed by atoms with E-state index in [0.717, 1.165) is 0 Å². The molecule has 0 spiro atoms. The van der Waals surface area contributed by atoms with Gasteiger partial charge in [-0.3, -0.25) is 0 Å². The van der Waals surface area contributed by atoms with E-state index in [-0.39, 0.29) is 24.5 Å². The highest BCUT2D eigenvalue weighted by Crippen LogP contribution is 2.39. The van der Waals surface area contributed by atoms with E-state index in [1.807, 2.05) is 13.8 Å². The summed E-state index contributed by atoms with van der Waals surface area (Å²) in [6.45, 7) is 4.01. The van der Waals surface area contributed by atoms with Crippen molar-refractivity contribution in [2.75, 3.05) is 13.7 Å². The van der Waals surface area contributed by atoms with Crippen LogP contribution in [0.15, 0.2) is 0 Å². The molecule has 0 N–H and O–H groups in total. The molecule has 0 bridgehead atoms. The van der Waals surface area contributed by atoms with Gasteiger partial charge >= 0.3 is 5.97 Å². The van der Waals surface area contributed by atoms with Gasteiger partial charge in [0.25, 0.3) is 0 Å². The predicted molar refractivity (Wildman–Crippen MR) is 64.2 cm³/mol. The minimum atomic E-state index is -1.60. The Morgan fingerprint density at radius 1 is 1.44 bits per heavy atom. The van der Waals surface area contributed by atoms with Crippen molar-refractivity contribution < 1.29 is 14.3 Å². The second-order valence-electron chi connectivity index (χ2n) is 4.65. The van der Waals surface area contributed by atoms with Gasteiger partial charge in [-0.2, -0.15) is 0 Å². The van der Waals surface area contributed by atoms with Crippen molar-refractivity contribution in [3.63, 3.8) is 0 Å². The van der Waals surface area contributed by atoms with Crippen molar-refractivity contribution in [1.29, 1.82) is 0 Å². The fraction of sp³-hybridized carbons (Fsp3) is 0.900. The van der Waals surface area contributed by atoms with E-state index in [9.17, 15) is 4.79 Å². The summed E-state index contributed by atoms with van der Waals surface area (Å²) in [5, 5.41) is -0.442. The van der Waals surface area contributed by atoms with Gasteiger partial charge in [-0.05, 0) is 0 Å². The number of alkyl halides is 3. The zero-order valence-electron chi connectivity index (χ0n) is 9.43. The average Bonchev–Trinajstić information content (AvgIpc) is 2.12. The third-order valence-electron chi connectivity index (χ3n) is 2.68. The Morgan fingerprint density at radius 3 is 2.50 bits per heavy atom. The first kappa shape index (κ1) is 14.4. The maximum Gasteiger partial charge on any atom is 0.342 e. The normalized spacial score (nSPS) is 33.8. The Morgan fingerprint density at radius 2 is 2.00 bits per heavy atom. The highest BCUT2D eigenvalue weighted by molar-refractivity contribution is 6.57. The molecule has 0 radical (unpaired) electrons. The molecule has 1 fully saturated rings. The topological polar surface area (TPSA) is 35.5 Å². The van der Waals surface area contributed by atoms with E-state index in [2.05, 4.69) is 0 Å². The van der Waals surface area contributed by atoms with E-state index in [0.29, 0.717) is 0 Å². The second-order valence-corrected chi connectivity index (χ2v) is 6.69. The molecule has 0 aromatic rings. The van der Waals surface area contributed by atoms with Crippen LogP contribution in [-0.2, 0) is 14.3 Å². The lowest BCUT2D eigenvalue weighted by Crippen LogP contribution is -2.48. The lowest BCUT2D eigenvalue weighted by atomic mass is 9.83. The van der Waals surface area contributed by atoms with Gasteiger partial charge in [0.05, 0.1) is 18.1 Å². The summed E-state index contributed by atoms with van der Waals surface area (Å²) in [6.07, 6.45) is -0.183. The fourth-order valence-electron chi connectivity index (χ4n) is 1.83. The summed E-state index contributed by atoms with van der Waals surface area (Å²) in [6, 6.07) is 0. The van der Waals surface area contributed by atoms with Crippen molar-refractivity contribution in [1.82, 2.24) is 0 Å². The Labute approximate surface area is 110 Å². The molecule has 6 heteroatoms. The van der Waals surface area contributed by atoms with E-state index < -0.39 is 15.7 Å². The molecule has 1 aliphatic heterocycles. The number of esters is 1. The summed E-state index contributed by atoms with van der Waals surface area (Å²) in [5.74, 6) is -0.649. The number of halogens is 3. The Kier molecular flexibility index (Phi) is 4.39. The Balaban J connectivity index is 2.95. The number of rotatable bonds is 1. The highest BCUT2D eigenvalue weighted by atomic mass is 35.5. The molecule has 1 heterocycles. The maximum atomic E-state index is 11.5. The molecule has 0 aliphatic carbocycles. The molecular weight excluding hydrogens is 274 g/mol. The van der Waals surface area contributed by atoms with E-state index in [1.165, 1.54) is 0 Å². The molecule has 0 aromatic heterocycles. The largest absolute Gasteiger partial charge is 0.463 e. The van der Waals surface area contributed by atoms with Crippen LogP contribution in [0.2, 0.25) is 0 Å². The van der Waals surface area contributed by atoms with Crippen LogP contribution in [0.25, 0.3) is 0 Å². The fourth-order valence-corrected chi connectivity index (χ4v) is 3.11. The van der Waals surface area contributed by atoms with Gasteiger partial charge in [-0.15, -0.1) is 11.6 Å². The summed E-state index contributed by atoms with van der Waals surface area (Å²) in [7, 11) is 1.56. The van der Waals surface area contributed by atoms with E-state index in [4.69, 9.17) is 44.3 Å². The number of carbonyl (C=O) groups is 1. The van der Waals surface area contributed by atoms with Crippen molar-refractivity contribution in [2.24, 2.45) is 5.41 Å². The van der Waals surface area contributed by atoms with Crippen molar-refractivity contribution >= 4 is 40.8 Å². The van der Waals surface area contributed by atoms with Crippen LogP contribution >= 0.6 is 34.8 Å².